The Morgan fingerprint density at radius 2 is 2.03 bits per heavy atom. The van der Waals surface area contributed by atoms with Gasteiger partial charge in [0.1, 0.15) is 17.7 Å². The van der Waals surface area contributed by atoms with Gasteiger partial charge < -0.3 is 9.64 Å². The molecule has 3 aliphatic heterocycles. The first-order valence-corrected chi connectivity index (χ1v) is 12.4. The molecule has 2 aromatic heterocycles. The quantitative estimate of drug-likeness (QED) is 0.536. The number of halogens is 2. The molecule has 0 spiro atoms. The Morgan fingerprint density at radius 1 is 1.24 bits per heavy atom. The molecular weight excluding hydrogens is 457 g/mol. The number of hydrogen-bond acceptors (Lipinski definition) is 5. The smallest absolute Gasteiger partial charge is 0.258 e. The molecule has 0 unspecified atom stereocenters. The lowest BCUT2D eigenvalue weighted by Crippen LogP contribution is -2.46. The van der Waals surface area contributed by atoms with Crippen molar-refractivity contribution in [3.8, 4) is 5.75 Å². The molecular formula is C25H27ClFN5O2. The molecule has 7 nitrogen and oxygen atoms in total. The molecule has 3 aliphatic rings. The molecule has 1 amide bonds. The van der Waals surface area contributed by atoms with E-state index in [1.54, 1.807) is 21.8 Å². The molecule has 9 heteroatoms. The maximum Gasteiger partial charge on any atom is 0.258 e. The van der Waals surface area contributed by atoms with Crippen LogP contribution < -0.4 is 4.74 Å². The van der Waals surface area contributed by atoms with Gasteiger partial charge >= 0.3 is 0 Å². The van der Waals surface area contributed by atoms with E-state index in [4.69, 9.17) is 16.3 Å². The van der Waals surface area contributed by atoms with E-state index >= 15 is 0 Å². The van der Waals surface area contributed by atoms with E-state index in [2.05, 4.69) is 21.9 Å². The number of carbonyl (C=O) groups excluding carboxylic acids is 1. The number of piperidine rings is 1. The fourth-order valence-corrected chi connectivity index (χ4v) is 6.07. The van der Waals surface area contributed by atoms with Gasteiger partial charge in [0, 0.05) is 29.9 Å². The fourth-order valence-electron chi connectivity index (χ4n) is 5.93. The van der Waals surface area contributed by atoms with Crippen LogP contribution in [0.15, 0.2) is 30.6 Å². The minimum absolute atomic E-state index is 0.00658. The second-order valence-electron chi connectivity index (χ2n) is 9.60. The molecule has 3 atom stereocenters. The van der Waals surface area contributed by atoms with Crippen LogP contribution in [0, 0.1) is 5.82 Å². The van der Waals surface area contributed by atoms with Crippen molar-refractivity contribution in [2.24, 2.45) is 0 Å². The summed E-state index contributed by atoms with van der Waals surface area (Å²) in [7, 11) is 0. The summed E-state index contributed by atoms with van der Waals surface area (Å²) >= 11 is 6.02. The van der Waals surface area contributed by atoms with E-state index in [1.165, 1.54) is 31.0 Å². The maximum atomic E-state index is 14.2. The number of carbonyl (C=O) groups is 1. The van der Waals surface area contributed by atoms with Gasteiger partial charge in [0.15, 0.2) is 5.65 Å². The highest BCUT2D eigenvalue weighted by Gasteiger charge is 2.41. The van der Waals surface area contributed by atoms with Crippen molar-refractivity contribution < 1.29 is 13.9 Å². The predicted octanol–water partition coefficient (Wildman–Crippen LogP) is 4.46. The first-order valence-electron chi connectivity index (χ1n) is 12.0. The number of nitrogens with zero attached hydrogens (tertiary/aromatic N) is 5. The summed E-state index contributed by atoms with van der Waals surface area (Å²) < 4.78 is 22.2. The Morgan fingerprint density at radius 3 is 2.79 bits per heavy atom. The second-order valence-corrected chi connectivity index (χ2v) is 10.0. The zero-order chi connectivity index (χ0) is 23.4. The Labute approximate surface area is 202 Å². The first-order chi connectivity index (χ1) is 16.5. The van der Waals surface area contributed by atoms with Crippen LogP contribution in [0.1, 0.15) is 60.6 Å². The summed E-state index contributed by atoms with van der Waals surface area (Å²) in [4.78, 5) is 22.2. The molecule has 0 aliphatic carbocycles. The Kier molecular flexibility index (Phi) is 5.45. The number of amides is 1. The van der Waals surface area contributed by atoms with Crippen LogP contribution in [0.3, 0.4) is 0 Å². The van der Waals surface area contributed by atoms with Crippen molar-refractivity contribution in [3.63, 3.8) is 0 Å². The molecule has 2 saturated heterocycles. The van der Waals surface area contributed by atoms with E-state index in [1.807, 2.05) is 0 Å². The van der Waals surface area contributed by atoms with Crippen LogP contribution >= 0.6 is 11.6 Å². The van der Waals surface area contributed by atoms with Gasteiger partial charge in [-0.25, -0.2) is 13.9 Å². The summed E-state index contributed by atoms with van der Waals surface area (Å²) in [5.74, 6) is -0.255. The topological polar surface area (TPSA) is 63.0 Å². The van der Waals surface area contributed by atoms with Crippen LogP contribution in [-0.4, -0.2) is 55.0 Å². The molecule has 178 valence electrons. The fraction of sp³-hybridized carbons (Fsp3) is 0.480. The van der Waals surface area contributed by atoms with Crippen LogP contribution in [-0.2, 0) is 13.1 Å². The molecule has 2 bridgehead atoms. The molecule has 34 heavy (non-hydrogen) atoms. The lowest BCUT2D eigenvalue weighted by Gasteiger charge is -2.39. The van der Waals surface area contributed by atoms with Gasteiger partial charge in [0.05, 0.1) is 35.6 Å². The third-order valence-electron chi connectivity index (χ3n) is 7.39. The molecule has 6 rings (SSSR count). The highest BCUT2D eigenvalue weighted by molar-refractivity contribution is 6.30. The van der Waals surface area contributed by atoms with E-state index in [0.29, 0.717) is 47.2 Å². The number of fused-ring (bicyclic) bond motifs is 5. The molecule has 0 N–H and O–H groups in total. The van der Waals surface area contributed by atoms with Gasteiger partial charge in [-0.1, -0.05) is 18.5 Å². The molecule has 5 heterocycles. The number of benzene rings is 1. The van der Waals surface area contributed by atoms with E-state index < -0.39 is 5.82 Å². The van der Waals surface area contributed by atoms with Crippen LogP contribution in [0.25, 0.3) is 5.65 Å². The number of aromatic nitrogens is 3. The first kappa shape index (κ1) is 21.8. The minimum atomic E-state index is -0.401. The average Bonchev–Trinajstić information content (AvgIpc) is 3.42. The SMILES string of the molecule is CCCN1[C@@H]2CC[C@H]1C[C@@H](Oc1cc(F)ccc1C(=O)N1Cc3nn4cc(Cl)cnc4c3C1)C2. The van der Waals surface area contributed by atoms with E-state index in [0.717, 1.165) is 37.1 Å². The average molecular weight is 484 g/mol. The van der Waals surface area contributed by atoms with Crippen molar-refractivity contribution in [1.29, 1.82) is 0 Å². The number of ether oxygens (including phenoxy) is 1. The lowest BCUT2D eigenvalue weighted by molar-refractivity contribution is 0.0479. The summed E-state index contributed by atoms with van der Waals surface area (Å²) in [5, 5.41) is 5.04. The molecule has 1 aromatic carbocycles. The van der Waals surface area contributed by atoms with Crippen LogP contribution in [0.2, 0.25) is 5.02 Å². The Bertz CT molecular complexity index is 1250. The van der Waals surface area contributed by atoms with E-state index in [9.17, 15) is 9.18 Å². The van der Waals surface area contributed by atoms with Crippen molar-refractivity contribution in [2.45, 2.75) is 70.3 Å². The van der Waals surface area contributed by atoms with Crippen molar-refractivity contribution in [2.75, 3.05) is 6.54 Å². The number of rotatable bonds is 5. The highest BCUT2D eigenvalue weighted by Crippen LogP contribution is 2.38. The van der Waals surface area contributed by atoms with Crippen molar-refractivity contribution in [3.05, 3.63) is 58.3 Å². The van der Waals surface area contributed by atoms with Gasteiger partial charge in [-0.2, -0.15) is 5.10 Å². The summed E-state index contributed by atoms with van der Waals surface area (Å²) in [5.41, 5.74) is 2.80. The van der Waals surface area contributed by atoms with Crippen molar-refractivity contribution in [1.82, 2.24) is 24.4 Å². The molecule has 3 aromatic rings. The summed E-state index contributed by atoms with van der Waals surface area (Å²) in [6, 6.07) is 5.24. The van der Waals surface area contributed by atoms with E-state index in [-0.39, 0.29) is 12.0 Å². The largest absolute Gasteiger partial charge is 0.489 e. The van der Waals surface area contributed by atoms with Crippen LogP contribution in [0.5, 0.6) is 5.75 Å². The van der Waals surface area contributed by atoms with Gasteiger partial charge in [-0.3, -0.25) is 9.69 Å². The monoisotopic (exact) mass is 483 g/mol. The van der Waals surface area contributed by atoms with Crippen LogP contribution in [0.4, 0.5) is 4.39 Å². The molecule has 0 radical (unpaired) electrons. The van der Waals surface area contributed by atoms with Gasteiger partial charge in [-0.15, -0.1) is 0 Å². The second kappa shape index (κ2) is 8.50. The van der Waals surface area contributed by atoms with Crippen molar-refractivity contribution >= 4 is 23.2 Å². The lowest BCUT2D eigenvalue weighted by atomic mass is 9.99. The predicted molar refractivity (Wildman–Crippen MR) is 125 cm³/mol. The number of hydrogen-bond donors (Lipinski definition) is 0. The van der Waals surface area contributed by atoms with Gasteiger partial charge in [-0.05, 0) is 50.8 Å². The third-order valence-corrected chi connectivity index (χ3v) is 7.58. The third kappa shape index (κ3) is 3.73. The maximum absolute atomic E-state index is 14.2. The zero-order valence-electron chi connectivity index (χ0n) is 19.1. The van der Waals surface area contributed by atoms with Gasteiger partial charge in [0.25, 0.3) is 5.91 Å². The standard InChI is InChI=1S/C25H27ClFN5O2/c1-2-7-31-17-4-5-18(31)10-19(9-17)34-23-8-16(27)3-6-20(23)25(33)30-13-21-22(14-30)29-32-12-15(26)11-28-24(21)32/h3,6,8,11-12,17-19H,2,4-5,7,9-10,13-14H2,1H3/t17-,18+,19+. The normalized spacial score (nSPS) is 24.1. The summed E-state index contributed by atoms with van der Waals surface area (Å²) in [6.07, 6.45) is 8.63. The minimum Gasteiger partial charge on any atom is -0.489 e. The Hall–Kier alpha value is -2.71. The Balaban J connectivity index is 1.21. The molecule has 2 fully saturated rings. The highest BCUT2D eigenvalue weighted by atomic mass is 35.5. The van der Waals surface area contributed by atoms with Gasteiger partial charge in [0.2, 0.25) is 0 Å². The zero-order valence-corrected chi connectivity index (χ0v) is 19.8. The molecule has 0 saturated carbocycles. The summed E-state index contributed by atoms with van der Waals surface area (Å²) in [6.45, 7) is 4.09.